The molecule has 0 fully saturated rings. The van der Waals surface area contributed by atoms with Gasteiger partial charge in [0.1, 0.15) is 0 Å². The Morgan fingerprint density at radius 1 is 1.47 bits per heavy atom. The highest BCUT2D eigenvalue weighted by Crippen LogP contribution is 2.27. The van der Waals surface area contributed by atoms with Crippen LogP contribution in [0.15, 0.2) is 30.6 Å². The zero-order valence-corrected chi connectivity index (χ0v) is 11.0. The van der Waals surface area contributed by atoms with E-state index in [9.17, 15) is 9.59 Å². The molecule has 0 unspecified atom stereocenters. The SMILES string of the molecule is O=Cc1cc2c(s1)CCN(C(=O)c1cccnc1)C2. The highest BCUT2D eigenvalue weighted by Gasteiger charge is 2.23. The summed E-state index contributed by atoms with van der Waals surface area (Å²) in [5.74, 6) is -0.00222. The number of hydrogen-bond donors (Lipinski definition) is 0. The molecule has 1 amide bonds. The second kappa shape index (κ2) is 4.93. The molecule has 0 aliphatic carbocycles. The number of rotatable bonds is 2. The lowest BCUT2D eigenvalue weighted by molar-refractivity contribution is 0.0735. The minimum absolute atomic E-state index is 0.00222. The molecule has 0 spiro atoms. The molecule has 4 nitrogen and oxygen atoms in total. The predicted octanol–water partition coefficient (Wildman–Crippen LogP) is 2.15. The van der Waals surface area contributed by atoms with Gasteiger partial charge in [0.25, 0.3) is 5.91 Å². The van der Waals surface area contributed by atoms with Crippen LogP contribution >= 0.6 is 11.3 Å². The van der Waals surface area contributed by atoms with E-state index < -0.39 is 0 Å². The molecule has 0 atom stereocenters. The second-order valence-corrected chi connectivity index (χ2v) is 5.60. The van der Waals surface area contributed by atoms with E-state index in [-0.39, 0.29) is 5.91 Å². The highest BCUT2D eigenvalue weighted by atomic mass is 32.1. The van der Waals surface area contributed by atoms with Crippen molar-refractivity contribution in [2.75, 3.05) is 6.54 Å². The Morgan fingerprint density at radius 2 is 2.37 bits per heavy atom. The van der Waals surface area contributed by atoms with Crippen LogP contribution < -0.4 is 0 Å². The van der Waals surface area contributed by atoms with Crippen LogP contribution in [0.2, 0.25) is 0 Å². The van der Waals surface area contributed by atoms with Crippen LogP contribution in [0, 0.1) is 0 Å². The average molecular weight is 272 g/mol. The van der Waals surface area contributed by atoms with E-state index in [0.29, 0.717) is 18.7 Å². The van der Waals surface area contributed by atoms with Gasteiger partial charge in [0.15, 0.2) is 6.29 Å². The Bertz CT molecular complexity index is 622. The number of thiophene rings is 1. The molecule has 3 rings (SSSR count). The van der Waals surface area contributed by atoms with E-state index in [2.05, 4.69) is 4.98 Å². The number of aromatic nitrogens is 1. The van der Waals surface area contributed by atoms with Crippen molar-refractivity contribution in [2.24, 2.45) is 0 Å². The number of fused-ring (bicyclic) bond motifs is 1. The van der Waals surface area contributed by atoms with E-state index in [0.717, 1.165) is 23.1 Å². The lowest BCUT2D eigenvalue weighted by Gasteiger charge is -2.26. The van der Waals surface area contributed by atoms with Crippen LogP contribution in [0.25, 0.3) is 0 Å². The van der Waals surface area contributed by atoms with Gasteiger partial charge in [-0.25, -0.2) is 0 Å². The first-order valence-electron chi connectivity index (χ1n) is 6.04. The lowest BCUT2D eigenvalue weighted by Crippen LogP contribution is -2.35. The summed E-state index contributed by atoms with van der Waals surface area (Å²) >= 11 is 1.53. The summed E-state index contributed by atoms with van der Waals surface area (Å²) in [4.78, 5) is 30.8. The van der Waals surface area contributed by atoms with Gasteiger partial charge in [-0.1, -0.05) is 0 Å². The Balaban J connectivity index is 1.82. The molecule has 1 aliphatic rings. The van der Waals surface area contributed by atoms with Crippen molar-refractivity contribution in [2.45, 2.75) is 13.0 Å². The highest BCUT2D eigenvalue weighted by molar-refractivity contribution is 7.13. The van der Waals surface area contributed by atoms with Crippen molar-refractivity contribution >= 4 is 23.5 Å². The number of carbonyl (C=O) groups excluding carboxylic acids is 2. The smallest absolute Gasteiger partial charge is 0.255 e. The first-order chi connectivity index (χ1) is 9.28. The molecule has 0 radical (unpaired) electrons. The molecule has 1 aliphatic heterocycles. The van der Waals surface area contributed by atoms with E-state index in [4.69, 9.17) is 0 Å². The minimum Gasteiger partial charge on any atom is -0.334 e. The maximum atomic E-state index is 12.3. The van der Waals surface area contributed by atoms with Gasteiger partial charge in [-0.3, -0.25) is 14.6 Å². The molecule has 5 heteroatoms. The summed E-state index contributed by atoms with van der Waals surface area (Å²) in [5, 5.41) is 0. The van der Waals surface area contributed by atoms with Gasteiger partial charge >= 0.3 is 0 Å². The molecule has 3 heterocycles. The first kappa shape index (κ1) is 12.0. The molecule has 0 saturated carbocycles. The normalized spacial score (nSPS) is 14.0. The third kappa shape index (κ3) is 2.29. The van der Waals surface area contributed by atoms with Crippen LogP contribution in [0.1, 0.15) is 30.5 Å². The van der Waals surface area contributed by atoms with Gasteiger partial charge in [-0.2, -0.15) is 0 Å². The number of hydrogen-bond acceptors (Lipinski definition) is 4. The van der Waals surface area contributed by atoms with Crippen LogP contribution in [0.4, 0.5) is 0 Å². The first-order valence-corrected chi connectivity index (χ1v) is 6.85. The van der Waals surface area contributed by atoms with Crippen molar-refractivity contribution in [3.05, 3.63) is 51.5 Å². The number of carbonyl (C=O) groups is 2. The summed E-state index contributed by atoms with van der Waals surface area (Å²) in [5.41, 5.74) is 1.70. The van der Waals surface area contributed by atoms with E-state index >= 15 is 0 Å². The van der Waals surface area contributed by atoms with Gasteiger partial charge in [0, 0.05) is 30.4 Å². The number of nitrogens with zero attached hydrogens (tertiary/aromatic N) is 2. The molecule has 0 aromatic carbocycles. The number of aldehydes is 1. The maximum Gasteiger partial charge on any atom is 0.255 e. The minimum atomic E-state index is -0.00222. The molecular weight excluding hydrogens is 260 g/mol. The molecule has 2 aromatic heterocycles. The largest absolute Gasteiger partial charge is 0.334 e. The van der Waals surface area contributed by atoms with Crippen molar-refractivity contribution in [3.63, 3.8) is 0 Å². The zero-order chi connectivity index (χ0) is 13.2. The molecule has 0 saturated heterocycles. The number of amides is 1. The lowest BCUT2D eigenvalue weighted by atomic mass is 10.1. The molecule has 0 N–H and O–H groups in total. The Morgan fingerprint density at radius 3 is 3.11 bits per heavy atom. The van der Waals surface area contributed by atoms with Crippen molar-refractivity contribution < 1.29 is 9.59 Å². The summed E-state index contributed by atoms with van der Waals surface area (Å²) in [7, 11) is 0. The quantitative estimate of drug-likeness (QED) is 0.787. The van der Waals surface area contributed by atoms with Crippen molar-refractivity contribution in [1.29, 1.82) is 0 Å². The van der Waals surface area contributed by atoms with E-state index in [1.54, 1.807) is 29.4 Å². The topological polar surface area (TPSA) is 50.3 Å². The summed E-state index contributed by atoms with van der Waals surface area (Å²) in [6, 6.07) is 5.42. The zero-order valence-electron chi connectivity index (χ0n) is 10.2. The molecule has 96 valence electrons. The standard InChI is InChI=1S/C14H12N2O2S/c17-9-12-6-11-8-16(5-3-13(11)19-12)14(18)10-2-1-4-15-7-10/h1-2,4,6-7,9H,3,5,8H2. The van der Waals surface area contributed by atoms with Crippen LogP contribution in [-0.4, -0.2) is 28.6 Å². The van der Waals surface area contributed by atoms with Crippen LogP contribution in [-0.2, 0) is 13.0 Å². The van der Waals surface area contributed by atoms with Gasteiger partial charge < -0.3 is 4.90 Å². The van der Waals surface area contributed by atoms with Crippen LogP contribution in [0.3, 0.4) is 0 Å². The molecule has 2 aromatic rings. The van der Waals surface area contributed by atoms with Gasteiger partial charge in [-0.15, -0.1) is 11.3 Å². The summed E-state index contributed by atoms with van der Waals surface area (Å²) in [6.45, 7) is 1.27. The third-order valence-electron chi connectivity index (χ3n) is 3.20. The maximum absolute atomic E-state index is 12.3. The molecule has 19 heavy (non-hydrogen) atoms. The Hall–Kier alpha value is -2.01. The van der Waals surface area contributed by atoms with Gasteiger partial charge in [-0.05, 0) is 30.2 Å². The molecule has 0 bridgehead atoms. The Labute approximate surface area is 114 Å². The monoisotopic (exact) mass is 272 g/mol. The van der Waals surface area contributed by atoms with E-state index in [1.165, 1.54) is 16.2 Å². The average Bonchev–Trinajstić information content (AvgIpc) is 2.89. The summed E-state index contributed by atoms with van der Waals surface area (Å²) in [6.07, 6.45) is 4.93. The van der Waals surface area contributed by atoms with Gasteiger partial charge in [0.05, 0.1) is 10.4 Å². The summed E-state index contributed by atoms with van der Waals surface area (Å²) < 4.78 is 0. The van der Waals surface area contributed by atoms with Crippen molar-refractivity contribution in [3.8, 4) is 0 Å². The fraction of sp³-hybridized carbons (Fsp3) is 0.214. The molecular formula is C14H12N2O2S. The third-order valence-corrected chi connectivity index (χ3v) is 4.36. The van der Waals surface area contributed by atoms with Crippen molar-refractivity contribution in [1.82, 2.24) is 9.88 Å². The fourth-order valence-corrected chi connectivity index (χ4v) is 3.24. The fourth-order valence-electron chi connectivity index (χ4n) is 2.26. The predicted molar refractivity (Wildman–Crippen MR) is 72.4 cm³/mol. The number of pyridine rings is 1. The van der Waals surface area contributed by atoms with Crippen LogP contribution in [0.5, 0.6) is 0 Å². The van der Waals surface area contributed by atoms with Gasteiger partial charge in [0.2, 0.25) is 0 Å². The Kier molecular flexibility index (Phi) is 3.13. The van der Waals surface area contributed by atoms with E-state index in [1.807, 2.05) is 6.07 Å². The second-order valence-electron chi connectivity index (χ2n) is 4.43.